The largest absolute Gasteiger partial charge is 0.481 e. The van der Waals surface area contributed by atoms with E-state index in [4.69, 9.17) is 0 Å². The van der Waals surface area contributed by atoms with Crippen LogP contribution in [0.25, 0.3) is 22.4 Å². The summed E-state index contributed by atoms with van der Waals surface area (Å²) in [6.45, 7) is 3.51. The molecule has 0 saturated heterocycles. The molecule has 0 fully saturated rings. The molecule has 1 aromatic carbocycles. The number of rotatable bonds is 5. The SMILES string of the molecule is CC(C)[C@H](Cc1nc(-c2n[nH]c3ccc(F)cc23)ncc1F)C(=O)O. The molecule has 2 N–H and O–H groups in total. The maximum Gasteiger partial charge on any atom is 0.307 e. The molecule has 25 heavy (non-hydrogen) atoms. The first kappa shape index (κ1) is 16.9. The van der Waals surface area contributed by atoms with E-state index in [0.717, 1.165) is 6.20 Å². The van der Waals surface area contributed by atoms with Crippen LogP contribution in [0.2, 0.25) is 0 Å². The van der Waals surface area contributed by atoms with Crippen LogP contribution in [-0.2, 0) is 11.2 Å². The summed E-state index contributed by atoms with van der Waals surface area (Å²) in [5.41, 5.74) is 0.877. The maximum absolute atomic E-state index is 14.1. The number of aliphatic carboxylic acids is 1. The lowest BCUT2D eigenvalue weighted by Crippen LogP contribution is -2.23. The highest BCUT2D eigenvalue weighted by atomic mass is 19.1. The number of nitrogens with zero attached hydrogens (tertiary/aromatic N) is 3. The number of H-pyrrole nitrogens is 1. The molecular formula is C17H16F2N4O2. The molecule has 3 rings (SSSR count). The molecule has 0 aliphatic heterocycles. The van der Waals surface area contributed by atoms with E-state index in [-0.39, 0.29) is 29.6 Å². The summed E-state index contributed by atoms with van der Waals surface area (Å²) < 4.78 is 27.6. The van der Waals surface area contributed by atoms with Gasteiger partial charge in [-0.1, -0.05) is 13.8 Å². The van der Waals surface area contributed by atoms with Crippen molar-refractivity contribution in [2.75, 3.05) is 0 Å². The molecule has 0 radical (unpaired) electrons. The Bertz CT molecular complexity index is 940. The standard InChI is InChI=1S/C17H16F2N4O2/c1-8(2)10(17(24)25)6-14-12(19)7-20-16(21-14)15-11-5-9(18)3-4-13(11)22-23-15/h3-5,7-8,10H,6H2,1-2H3,(H,22,23)(H,24,25)/t10-/m0/s1. The van der Waals surface area contributed by atoms with Crippen LogP contribution >= 0.6 is 0 Å². The van der Waals surface area contributed by atoms with Gasteiger partial charge in [-0.25, -0.2) is 18.7 Å². The van der Waals surface area contributed by atoms with Gasteiger partial charge in [0.2, 0.25) is 0 Å². The molecule has 8 heteroatoms. The zero-order valence-electron chi connectivity index (χ0n) is 13.6. The lowest BCUT2D eigenvalue weighted by atomic mass is 9.91. The molecule has 130 valence electrons. The number of aromatic amines is 1. The number of nitrogens with one attached hydrogen (secondary N) is 1. The Kier molecular flexibility index (Phi) is 4.43. The Labute approximate surface area is 141 Å². The van der Waals surface area contributed by atoms with Gasteiger partial charge in [-0.3, -0.25) is 9.89 Å². The minimum absolute atomic E-state index is 0.00125. The van der Waals surface area contributed by atoms with Crippen molar-refractivity contribution in [3.8, 4) is 11.5 Å². The molecule has 0 saturated carbocycles. The van der Waals surface area contributed by atoms with E-state index in [2.05, 4.69) is 20.2 Å². The third-order valence-electron chi connectivity index (χ3n) is 4.09. The summed E-state index contributed by atoms with van der Waals surface area (Å²) in [7, 11) is 0. The lowest BCUT2D eigenvalue weighted by Gasteiger charge is -2.16. The third-order valence-corrected chi connectivity index (χ3v) is 4.09. The fourth-order valence-corrected chi connectivity index (χ4v) is 2.63. The van der Waals surface area contributed by atoms with Crippen LogP contribution in [0, 0.1) is 23.5 Å². The highest BCUT2D eigenvalue weighted by Gasteiger charge is 2.25. The van der Waals surface area contributed by atoms with Gasteiger partial charge in [0.15, 0.2) is 11.6 Å². The van der Waals surface area contributed by atoms with Crippen molar-refractivity contribution in [3.05, 3.63) is 41.7 Å². The van der Waals surface area contributed by atoms with Gasteiger partial charge in [-0.2, -0.15) is 5.10 Å². The second-order valence-corrected chi connectivity index (χ2v) is 6.14. The van der Waals surface area contributed by atoms with Crippen LogP contribution in [0.4, 0.5) is 8.78 Å². The van der Waals surface area contributed by atoms with Crippen LogP contribution in [0.5, 0.6) is 0 Å². The van der Waals surface area contributed by atoms with E-state index in [1.165, 1.54) is 18.2 Å². The van der Waals surface area contributed by atoms with E-state index in [9.17, 15) is 18.7 Å². The minimum Gasteiger partial charge on any atom is -0.481 e. The molecule has 2 heterocycles. The van der Waals surface area contributed by atoms with E-state index >= 15 is 0 Å². The number of carboxylic acids is 1. The first-order valence-electron chi connectivity index (χ1n) is 7.75. The Hall–Kier alpha value is -2.90. The highest BCUT2D eigenvalue weighted by Crippen LogP contribution is 2.26. The van der Waals surface area contributed by atoms with Crippen LogP contribution in [0.15, 0.2) is 24.4 Å². The van der Waals surface area contributed by atoms with Gasteiger partial charge in [-0.15, -0.1) is 0 Å². The van der Waals surface area contributed by atoms with Gasteiger partial charge in [0.05, 0.1) is 23.3 Å². The number of carboxylic acid groups (broad SMARTS) is 1. The minimum atomic E-state index is -1.01. The summed E-state index contributed by atoms with van der Waals surface area (Å²) >= 11 is 0. The Balaban J connectivity index is 2.04. The summed E-state index contributed by atoms with van der Waals surface area (Å²) in [6.07, 6.45) is 0.918. The van der Waals surface area contributed by atoms with Gasteiger partial charge in [-0.05, 0) is 24.1 Å². The van der Waals surface area contributed by atoms with E-state index < -0.39 is 23.5 Å². The molecule has 2 aromatic heterocycles. The fraction of sp³-hybridized carbons (Fsp3) is 0.294. The molecule has 0 amide bonds. The first-order chi connectivity index (χ1) is 11.9. The normalized spacial score (nSPS) is 12.7. The van der Waals surface area contributed by atoms with Crippen LogP contribution in [-0.4, -0.2) is 31.2 Å². The highest BCUT2D eigenvalue weighted by molar-refractivity contribution is 5.91. The van der Waals surface area contributed by atoms with E-state index in [0.29, 0.717) is 10.9 Å². The van der Waals surface area contributed by atoms with E-state index in [1.807, 2.05) is 0 Å². The zero-order valence-corrected chi connectivity index (χ0v) is 13.6. The fourth-order valence-electron chi connectivity index (χ4n) is 2.63. The quantitative estimate of drug-likeness (QED) is 0.740. The predicted octanol–water partition coefficient (Wildman–Crippen LogP) is 3.20. The average molecular weight is 346 g/mol. The lowest BCUT2D eigenvalue weighted by molar-refractivity contribution is -0.143. The molecule has 3 aromatic rings. The smallest absolute Gasteiger partial charge is 0.307 e. The molecular weight excluding hydrogens is 330 g/mol. The maximum atomic E-state index is 14.1. The van der Waals surface area contributed by atoms with Crippen molar-refractivity contribution in [2.45, 2.75) is 20.3 Å². The van der Waals surface area contributed by atoms with Gasteiger partial charge in [0, 0.05) is 11.8 Å². The van der Waals surface area contributed by atoms with Crippen molar-refractivity contribution in [3.63, 3.8) is 0 Å². The Morgan fingerprint density at radius 1 is 1.32 bits per heavy atom. The van der Waals surface area contributed by atoms with Crippen molar-refractivity contribution in [1.82, 2.24) is 20.2 Å². The summed E-state index contributed by atoms with van der Waals surface area (Å²) in [4.78, 5) is 19.4. The van der Waals surface area contributed by atoms with Crippen LogP contribution < -0.4 is 0 Å². The molecule has 0 aliphatic carbocycles. The third kappa shape index (κ3) is 3.33. The predicted molar refractivity (Wildman–Crippen MR) is 86.7 cm³/mol. The molecule has 0 unspecified atom stereocenters. The number of hydrogen-bond acceptors (Lipinski definition) is 4. The second kappa shape index (κ2) is 6.54. The summed E-state index contributed by atoms with van der Waals surface area (Å²) in [6, 6.07) is 4.11. The Morgan fingerprint density at radius 3 is 2.76 bits per heavy atom. The van der Waals surface area contributed by atoms with Gasteiger partial charge < -0.3 is 5.11 Å². The average Bonchev–Trinajstić information content (AvgIpc) is 2.96. The summed E-state index contributed by atoms with van der Waals surface area (Å²) in [5, 5.41) is 16.6. The van der Waals surface area contributed by atoms with Gasteiger partial charge in [0.25, 0.3) is 0 Å². The first-order valence-corrected chi connectivity index (χ1v) is 7.75. The van der Waals surface area contributed by atoms with Crippen molar-refractivity contribution in [1.29, 1.82) is 0 Å². The summed E-state index contributed by atoms with van der Waals surface area (Å²) in [5.74, 6) is -2.98. The number of benzene rings is 1. The van der Waals surface area contributed by atoms with Crippen LogP contribution in [0.1, 0.15) is 19.5 Å². The van der Waals surface area contributed by atoms with Crippen molar-refractivity contribution in [2.24, 2.45) is 11.8 Å². The zero-order chi connectivity index (χ0) is 18.1. The molecule has 6 nitrogen and oxygen atoms in total. The topological polar surface area (TPSA) is 91.8 Å². The monoisotopic (exact) mass is 346 g/mol. The molecule has 1 atom stereocenters. The number of fused-ring (bicyclic) bond motifs is 1. The number of aromatic nitrogens is 4. The second-order valence-electron chi connectivity index (χ2n) is 6.14. The van der Waals surface area contributed by atoms with Crippen molar-refractivity contribution < 1.29 is 18.7 Å². The molecule has 0 bridgehead atoms. The van der Waals surface area contributed by atoms with E-state index in [1.54, 1.807) is 13.8 Å². The molecule has 0 spiro atoms. The van der Waals surface area contributed by atoms with Gasteiger partial charge in [0.1, 0.15) is 11.5 Å². The Morgan fingerprint density at radius 2 is 2.08 bits per heavy atom. The number of carbonyl (C=O) groups is 1. The van der Waals surface area contributed by atoms with Crippen molar-refractivity contribution >= 4 is 16.9 Å². The number of halogens is 2. The van der Waals surface area contributed by atoms with Crippen LogP contribution in [0.3, 0.4) is 0 Å². The van der Waals surface area contributed by atoms with Gasteiger partial charge >= 0.3 is 5.97 Å². The molecule has 0 aliphatic rings. The number of hydrogen-bond donors (Lipinski definition) is 2.